The van der Waals surface area contributed by atoms with Gasteiger partial charge in [-0.1, -0.05) is 0 Å². The summed E-state index contributed by atoms with van der Waals surface area (Å²) in [6, 6.07) is 1.53. The van der Waals surface area contributed by atoms with Crippen molar-refractivity contribution in [3.8, 4) is 0 Å². The van der Waals surface area contributed by atoms with Crippen molar-refractivity contribution in [3.63, 3.8) is 0 Å². The van der Waals surface area contributed by atoms with Crippen LogP contribution in [0.1, 0.15) is 12.6 Å². The lowest BCUT2D eigenvalue weighted by Gasteiger charge is -2.00. The second-order valence-corrected chi connectivity index (χ2v) is 2.42. The highest BCUT2D eigenvalue weighted by Gasteiger charge is 2.01. The lowest BCUT2D eigenvalue weighted by molar-refractivity contribution is 0.252. The largest absolute Gasteiger partial charge is 0.338 e. The second kappa shape index (κ2) is 3.75. The minimum atomic E-state index is -0.232. The van der Waals surface area contributed by atoms with Crippen LogP contribution in [0.15, 0.2) is 6.07 Å². The SMILES string of the molecule is CCNC(=O)Nc1cc(C)[nH]n1. The molecule has 1 aromatic rings. The first-order valence-electron chi connectivity index (χ1n) is 3.79. The van der Waals surface area contributed by atoms with Crippen LogP contribution in [-0.2, 0) is 0 Å². The Bertz CT molecular complexity index is 268. The monoisotopic (exact) mass is 168 g/mol. The molecule has 1 heterocycles. The van der Waals surface area contributed by atoms with Crippen LogP contribution < -0.4 is 10.6 Å². The number of carbonyl (C=O) groups is 1. The maximum Gasteiger partial charge on any atom is 0.320 e. The molecule has 3 N–H and O–H groups in total. The average molecular weight is 168 g/mol. The molecular formula is C7H12N4O. The fraction of sp³-hybridized carbons (Fsp3) is 0.429. The summed E-state index contributed by atoms with van der Waals surface area (Å²) in [5, 5.41) is 11.7. The van der Waals surface area contributed by atoms with E-state index in [4.69, 9.17) is 0 Å². The van der Waals surface area contributed by atoms with Gasteiger partial charge in [0.1, 0.15) is 0 Å². The van der Waals surface area contributed by atoms with Crippen LogP contribution in [0.25, 0.3) is 0 Å². The Kier molecular flexibility index (Phi) is 2.68. The van der Waals surface area contributed by atoms with Crippen molar-refractivity contribution < 1.29 is 4.79 Å². The van der Waals surface area contributed by atoms with Crippen LogP contribution in [0.2, 0.25) is 0 Å². The van der Waals surface area contributed by atoms with Gasteiger partial charge in [-0.15, -0.1) is 0 Å². The Labute approximate surface area is 70.5 Å². The summed E-state index contributed by atoms with van der Waals surface area (Å²) >= 11 is 0. The highest BCUT2D eigenvalue weighted by atomic mass is 16.2. The zero-order chi connectivity index (χ0) is 8.97. The summed E-state index contributed by atoms with van der Waals surface area (Å²) in [4.78, 5) is 10.9. The topological polar surface area (TPSA) is 69.8 Å². The Hall–Kier alpha value is -1.52. The van der Waals surface area contributed by atoms with E-state index < -0.39 is 0 Å². The van der Waals surface area contributed by atoms with E-state index in [-0.39, 0.29) is 6.03 Å². The van der Waals surface area contributed by atoms with Gasteiger partial charge in [-0.25, -0.2) is 4.79 Å². The van der Waals surface area contributed by atoms with E-state index in [1.165, 1.54) is 0 Å². The lowest BCUT2D eigenvalue weighted by atomic mass is 10.5. The van der Waals surface area contributed by atoms with E-state index in [2.05, 4.69) is 20.8 Å². The normalized spacial score (nSPS) is 9.50. The van der Waals surface area contributed by atoms with Gasteiger partial charge in [-0.3, -0.25) is 10.4 Å². The summed E-state index contributed by atoms with van der Waals surface area (Å²) < 4.78 is 0. The van der Waals surface area contributed by atoms with Gasteiger partial charge in [0.25, 0.3) is 0 Å². The number of rotatable bonds is 2. The molecule has 0 saturated carbocycles. The van der Waals surface area contributed by atoms with Gasteiger partial charge >= 0.3 is 6.03 Å². The number of anilines is 1. The van der Waals surface area contributed by atoms with Crippen LogP contribution in [0.4, 0.5) is 10.6 Å². The van der Waals surface area contributed by atoms with Crippen molar-refractivity contribution in [2.45, 2.75) is 13.8 Å². The molecule has 0 radical (unpaired) electrons. The lowest BCUT2D eigenvalue weighted by Crippen LogP contribution is -2.28. The Balaban J connectivity index is 2.46. The summed E-state index contributed by atoms with van der Waals surface area (Å²) in [7, 11) is 0. The highest BCUT2D eigenvalue weighted by Crippen LogP contribution is 2.02. The van der Waals surface area contributed by atoms with E-state index in [1.54, 1.807) is 6.07 Å². The van der Waals surface area contributed by atoms with Gasteiger partial charge in [0, 0.05) is 18.3 Å². The number of aryl methyl sites for hydroxylation is 1. The maximum atomic E-state index is 10.9. The summed E-state index contributed by atoms with van der Waals surface area (Å²) in [6.07, 6.45) is 0. The van der Waals surface area contributed by atoms with Crippen molar-refractivity contribution >= 4 is 11.8 Å². The molecule has 0 bridgehead atoms. The van der Waals surface area contributed by atoms with E-state index >= 15 is 0 Å². The molecule has 0 aliphatic heterocycles. The minimum Gasteiger partial charge on any atom is -0.338 e. The first kappa shape index (κ1) is 8.58. The standard InChI is InChI=1S/C7H12N4O/c1-3-8-7(12)9-6-4-5(2)10-11-6/h4H,3H2,1-2H3,(H3,8,9,10,11,12). The fourth-order valence-corrected chi connectivity index (χ4v) is 0.803. The van der Waals surface area contributed by atoms with Crippen LogP contribution >= 0.6 is 0 Å². The smallest absolute Gasteiger partial charge is 0.320 e. The van der Waals surface area contributed by atoms with Crippen molar-refractivity contribution in [1.82, 2.24) is 15.5 Å². The molecule has 2 amide bonds. The van der Waals surface area contributed by atoms with E-state index in [9.17, 15) is 4.79 Å². The van der Waals surface area contributed by atoms with Crippen molar-refractivity contribution in [2.75, 3.05) is 11.9 Å². The predicted octanol–water partition coefficient (Wildman–Crippen LogP) is 0.860. The molecule has 0 fully saturated rings. The number of hydrogen-bond acceptors (Lipinski definition) is 2. The third-order valence-electron chi connectivity index (χ3n) is 1.28. The number of H-pyrrole nitrogens is 1. The van der Waals surface area contributed by atoms with Crippen LogP contribution in [0, 0.1) is 6.92 Å². The predicted molar refractivity (Wildman–Crippen MR) is 46.0 cm³/mol. The zero-order valence-electron chi connectivity index (χ0n) is 7.14. The average Bonchev–Trinajstić information content (AvgIpc) is 2.36. The van der Waals surface area contributed by atoms with Gasteiger partial charge < -0.3 is 5.32 Å². The van der Waals surface area contributed by atoms with Crippen LogP contribution in [0.3, 0.4) is 0 Å². The van der Waals surface area contributed by atoms with Gasteiger partial charge in [-0.2, -0.15) is 5.10 Å². The summed E-state index contributed by atoms with van der Waals surface area (Å²) in [5.74, 6) is 0.540. The number of carbonyl (C=O) groups excluding carboxylic acids is 1. The number of amides is 2. The molecule has 1 aromatic heterocycles. The van der Waals surface area contributed by atoms with E-state index in [0.29, 0.717) is 12.4 Å². The first-order chi connectivity index (χ1) is 5.72. The minimum absolute atomic E-state index is 0.232. The molecule has 0 saturated heterocycles. The zero-order valence-corrected chi connectivity index (χ0v) is 7.14. The fourth-order valence-electron chi connectivity index (χ4n) is 0.803. The molecule has 0 spiro atoms. The molecule has 0 aliphatic carbocycles. The first-order valence-corrected chi connectivity index (χ1v) is 3.79. The maximum absolute atomic E-state index is 10.9. The van der Waals surface area contributed by atoms with Gasteiger partial charge in [0.15, 0.2) is 5.82 Å². The Morgan fingerprint density at radius 1 is 1.75 bits per heavy atom. The number of urea groups is 1. The van der Waals surface area contributed by atoms with Gasteiger partial charge in [0.05, 0.1) is 0 Å². The Morgan fingerprint density at radius 3 is 3.00 bits per heavy atom. The third kappa shape index (κ3) is 2.26. The Morgan fingerprint density at radius 2 is 2.50 bits per heavy atom. The molecule has 1 rings (SSSR count). The number of nitrogens with zero attached hydrogens (tertiary/aromatic N) is 1. The van der Waals surface area contributed by atoms with Crippen LogP contribution in [0.5, 0.6) is 0 Å². The molecule has 0 aromatic carbocycles. The third-order valence-corrected chi connectivity index (χ3v) is 1.28. The van der Waals surface area contributed by atoms with Crippen molar-refractivity contribution in [2.24, 2.45) is 0 Å². The molecule has 5 heteroatoms. The number of hydrogen-bond donors (Lipinski definition) is 3. The van der Waals surface area contributed by atoms with Crippen molar-refractivity contribution in [1.29, 1.82) is 0 Å². The molecule has 5 nitrogen and oxygen atoms in total. The molecular weight excluding hydrogens is 156 g/mol. The molecule has 0 unspecified atom stereocenters. The number of nitrogens with one attached hydrogen (secondary N) is 3. The molecule has 66 valence electrons. The highest BCUT2D eigenvalue weighted by molar-refractivity contribution is 5.88. The van der Waals surface area contributed by atoms with Gasteiger partial charge in [-0.05, 0) is 13.8 Å². The quantitative estimate of drug-likeness (QED) is 0.613. The van der Waals surface area contributed by atoms with E-state index in [1.807, 2.05) is 13.8 Å². The molecule has 0 atom stereocenters. The van der Waals surface area contributed by atoms with E-state index in [0.717, 1.165) is 5.69 Å². The van der Waals surface area contributed by atoms with Crippen LogP contribution in [-0.4, -0.2) is 22.8 Å². The van der Waals surface area contributed by atoms with Gasteiger partial charge in [0.2, 0.25) is 0 Å². The summed E-state index contributed by atoms with van der Waals surface area (Å²) in [6.45, 7) is 4.33. The van der Waals surface area contributed by atoms with Crippen molar-refractivity contribution in [3.05, 3.63) is 11.8 Å². The number of aromatic nitrogens is 2. The summed E-state index contributed by atoms with van der Waals surface area (Å²) in [5.41, 5.74) is 0.918. The number of aromatic amines is 1. The molecule has 12 heavy (non-hydrogen) atoms. The second-order valence-electron chi connectivity index (χ2n) is 2.42. The molecule has 0 aliphatic rings.